The van der Waals surface area contributed by atoms with E-state index in [2.05, 4.69) is 9.97 Å². The summed E-state index contributed by atoms with van der Waals surface area (Å²) in [6, 6.07) is 0. The Morgan fingerprint density at radius 3 is 2.33 bits per heavy atom. The van der Waals surface area contributed by atoms with Gasteiger partial charge in [-0.15, -0.1) is 0 Å². The minimum atomic E-state index is -0.420. The number of carbonyl (C=O) groups is 2. The molecule has 132 valence electrons. The highest BCUT2D eigenvalue weighted by molar-refractivity contribution is 5.86. The number of nitrogens with zero attached hydrogens (tertiary/aromatic N) is 2. The quantitative estimate of drug-likeness (QED) is 0.510. The molecule has 6 heteroatoms. The zero-order valence-electron chi connectivity index (χ0n) is 14.8. The third kappa shape index (κ3) is 8.41. The van der Waals surface area contributed by atoms with Crippen LogP contribution in [0.2, 0.25) is 0 Å². The van der Waals surface area contributed by atoms with E-state index in [-0.39, 0.29) is 18.3 Å². The van der Waals surface area contributed by atoms with Crippen molar-refractivity contribution in [2.75, 3.05) is 13.2 Å². The van der Waals surface area contributed by atoms with Crippen molar-refractivity contribution in [3.63, 3.8) is 0 Å². The molecule has 0 atom stereocenters. The van der Waals surface area contributed by atoms with Crippen LogP contribution in [-0.2, 0) is 25.5 Å². The summed E-state index contributed by atoms with van der Waals surface area (Å²) < 4.78 is 10.2. The number of hydrogen-bond donors (Lipinski definition) is 0. The normalized spacial score (nSPS) is 11.2. The van der Waals surface area contributed by atoms with E-state index in [1.54, 1.807) is 18.5 Å². The van der Waals surface area contributed by atoms with Crippen LogP contribution in [0.15, 0.2) is 18.5 Å². The lowest BCUT2D eigenvalue weighted by atomic mass is 10.1. The van der Waals surface area contributed by atoms with E-state index in [0.29, 0.717) is 36.9 Å². The van der Waals surface area contributed by atoms with E-state index in [1.165, 1.54) is 6.08 Å². The lowest BCUT2D eigenvalue weighted by molar-refractivity contribution is -0.144. The van der Waals surface area contributed by atoms with Crippen molar-refractivity contribution in [3.8, 4) is 0 Å². The molecule has 0 aliphatic rings. The van der Waals surface area contributed by atoms with E-state index in [9.17, 15) is 9.59 Å². The molecule has 0 bridgehead atoms. The van der Waals surface area contributed by atoms with E-state index >= 15 is 0 Å². The molecule has 0 fully saturated rings. The lowest BCUT2D eigenvalue weighted by Gasteiger charge is -2.07. The number of aryl methyl sites for hydroxylation is 1. The fourth-order valence-corrected chi connectivity index (χ4v) is 1.71. The molecule has 0 radical (unpaired) electrons. The average molecular weight is 334 g/mol. The van der Waals surface area contributed by atoms with Gasteiger partial charge in [-0.2, -0.15) is 0 Å². The molecule has 1 aromatic heterocycles. The standard InChI is InChI=1S/C18H26N2O4/c1-13(2)11-23-17(21)7-5-15-16(20-10-9-19-15)6-8-18(22)24-12-14(3)4/h5,7,9-10,13-14H,6,8,11-12H2,1-4H3/b7-5+. The smallest absolute Gasteiger partial charge is 0.330 e. The summed E-state index contributed by atoms with van der Waals surface area (Å²) in [7, 11) is 0. The van der Waals surface area contributed by atoms with E-state index < -0.39 is 5.97 Å². The Balaban J connectivity index is 2.58. The van der Waals surface area contributed by atoms with Gasteiger partial charge in [0, 0.05) is 24.9 Å². The molecule has 0 saturated heterocycles. The van der Waals surface area contributed by atoms with Gasteiger partial charge in [-0.1, -0.05) is 27.7 Å². The van der Waals surface area contributed by atoms with Crippen LogP contribution in [-0.4, -0.2) is 35.1 Å². The molecule has 0 saturated carbocycles. The Morgan fingerprint density at radius 2 is 1.67 bits per heavy atom. The van der Waals surface area contributed by atoms with Crippen LogP contribution in [0.1, 0.15) is 45.5 Å². The highest BCUT2D eigenvalue weighted by Gasteiger charge is 2.09. The Hall–Kier alpha value is -2.24. The number of rotatable bonds is 9. The van der Waals surface area contributed by atoms with Gasteiger partial charge < -0.3 is 9.47 Å². The molecular formula is C18H26N2O4. The third-order valence-electron chi connectivity index (χ3n) is 2.89. The van der Waals surface area contributed by atoms with Crippen molar-refractivity contribution in [2.45, 2.75) is 40.5 Å². The molecule has 24 heavy (non-hydrogen) atoms. The van der Waals surface area contributed by atoms with Gasteiger partial charge in [-0.05, 0) is 17.9 Å². The van der Waals surface area contributed by atoms with Crippen LogP contribution < -0.4 is 0 Å². The zero-order valence-corrected chi connectivity index (χ0v) is 14.8. The van der Waals surface area contributed by atoms with Crippen molar-refractivity contribution in [2.24, 2.45) is 11.8 Å². The first-order valence-electron chi connectivity index (χ1n) is 8.18. The Morgan fingerprint density at radius 1 is 1.04 bits per heavy atom. The van der Waals surface area contributed by atoms with Gasteiger partial charge in [0.2, 0.25) is 0 Å². The van der Waals surface area contributed by atoms with Crippen molar-refractivity contribution >= 4 is 18.0 Å². The molecule has 0 unspecified atom stereocenters. The van der Waals surface area contributed by atoms with E-state index in [1.807, 2.05) is 27.7 Å². The van der Waals surface area contributed by atoms with Crippen LogP contribution in [0, 0.1) is 11.8 Å². The second kappa shape index (κ2) is 10.5. The third-order valence-corrected chi connectivity index (χ3v) is 2.89. The molecule has 1 rings (SSSR count). The first-order valence-corrected chi connectivity index (χ1v) is 8.18. The molecule has 6 nitrogen and oxygen atoms in total. The Bertz CT molecular complexity index is 568. The second-order valence-corrected chi connectivity index (χ2v) is 6.32. The number of esters is 2. The van der Waals surface area contributed by atoms with Crippen molar-refractivity contribution in [1.29, 1.82) is 0 Å². The summed E-state index contributed by atoms with van der Waals surface area (Å²) in [5.74, 6) is -0.0932. The van der Waals surface area contributed by atoms with Gasteiger partial charge in [0.25, 0.3) is 0 Å². The molecule has 0 aromatic carbocycles. The molecule has 1 heterocycles. The van der Waals surface area contributed by atoms with Gasteiger partial charge >= 0.3 is 11.9 Å². The van der Waals surface area contributed by atoms with Gasteiger partial charge in [0.15, 0.2) is 0 Å². The molecule has 0 N–H and O–H groups in total. The minimum absolute atomic E-state index is 0.226. The lowest BCUT2D eigenvalue weighted by Crippen LogP contribution is -2.11. The fourth-order valence-electron chi connectivity index (χ4n) is 1.71. The van der Waals surface area contributed by atoms with Crippen LogP contribution >= 0.6 is 0 Å². The topological polar surface area (TPSA) is 78.4 Å². The highest BCUT2D eigenvalue weighted by Crippen LogP contribution is 2.08. The van der Waals surface area contributed by atoms with E-state index in [0.717, 1.165) is 0 Å². The van der Waals surface area contributed by atoms with Crippen molar-refractivity contribution in [3.05, 3.63) is 29.9 Å². The molecule has 0 aliphatic heterocycles. The largest absolute Gasteiger partial charge is 0.465 e. The van der Waals surface area contributed by atoms with Crippen LogP contribution in [0.5, 0.6) is 0 Å². The number of aromatic nitrogens is 2. The fraction of sp³-hybridized carbons (Fsp3) is 0.556. The molecular weight excluding hydrogens is 308 g/mol. The summed E-state index contributed by atoms with van der Waals surface area (Å²) in [6.45, 7) is 8.69. The summed E-state index contributed by atoms with van der Waals surface area (Å²) >= 11 is 0. The minimum Gasteiger partial charge on any atom is -0.465 e. The van der Waals surface area contributed by atoms with Crippen molar-refractivity contribution in [1.82, 2.24) is 9.97 Å². The maximum absolute atomic E-state index is 11.7. The van der Waals surface area contributed by atoms with Gasteiger partial charge in [0.1, 0.15) is 0 Å². The Kier molecular flexibility index (Phi) is 8.68. The van der Waals surface area contributed by atoms with Gasteiger partial charge in [-0.3, -0.25) is 14.8 Å². The predicted molar refractivity (Wildman–Crippen MR) is 91.0 cm³/mol. The van der Waals surface area contributed by atoms with Crippen LogP contribution in [0.4, 0.5) is 0 Å². The SMILES string of the molecule is CC(C)COC(=O)/C=C/c1nccnc1CCC(=O)OCC(C)C. The average Bonchev–Trinajstić information content (AvgIpc) is 2.55. The van der Waals surface area contributed by atoms with Gasteiger partial charge in [-0.25, -0.2) is 4.79 Å². The van der Waals surface area contributed by atoms with Crippen molar-refractivity contribution < 1.29 is 19.1 Å². The number of hydrogen-bond acceptors (Lipinski definition) is 6. The summed E-state index contributed by atoms with van der Waals surface area (Å²) in [5, 5.41) is 0. The first kappa shape index (κ1) is 19.8. The predicted octanol–water partition coefficient (Wildman–Crippen LogP) is 2.82. The summed E-state index contributed by atoms with van der Waals surface area (Å²) in [5.41, 5.74) is 1.20. The molecule has 0 spiro atoms. The second-order valence-electron chi connectivity index (χ2n) is 6.32. The maximum atomic E-state index is 11.7. The van der Waals surface area contributed by atoms with Crippen LogP contribution in [0.25, 0.3) is 6.08 Å². The van der Waals surface area contributed by atoms with Gasteiger partial charge in [0.05, 0.1) is 31.0 Å². The molecule has 0 aliphatic carbocycles. The first-order chi connectivity index (χ1) is 11.4. The monoisotopic (exact) mass is 334 g/mol. The zero-order chi connectivity index (χ0) is 17.9. The summed E-state index contributed by atoms with van der Waals surface area (Å²) in [4.78, 5) is 31.7. The van der Waals surface area contributed by atoms with E-state index in [4.69, 9.17) is 9.47 Å². The summed E-state index contributed by atoms with van der Waals surface area (Å²) in [6.07, 6.45) is 6.62. The maximum Gasteiger partial charge on any atom is 0.330 e. The number of carbonyl (C=O) groups excluding carboxylic acids is 2. The van der Waals surface area contributed by atoms with Crippen LogP contribution in [0.3, 0.4) is 0 Å². The Labute approximate surface area is 143 Å². The number of ether oxygens (including phenoxy) is 2. The molecule has 0 amide bonds. The highest BCUT2D eigenvalue weighted by atomic mass is 16.5. The molecule has 1 aromatic rings.